The molecule has 0 bridgehead atoms. The molecular formula is C9H8ClNO2S. The zero-order valence-electron chi connectivity index (χ0n) is 7.16. The summed E-state index contributed by atoms with van der Waals surface area (Å²) in [5, 5.41) is 12.1. The average molecular weight is 230 g/mol. The maximum absolute atomic E-state index is 10.8. The lowest BCUT2D eigenvalue weighted by atomic mass is 10.3. The van der Waals surface area contributed by atoms with Crippen LogP contribution in [0.4, 0.5) is 5.69 Å². The van der Waals surface area contributed by atoms with Gasteiger partial charge in [-0.15, -0.1) is 11.8 Å². The van der Waals surface area contributed by atoms with Crippen molar-refractivity contribution in [2.24, 2.45) is 0 Å². The van der Waals surface area contributed by atoms with E-state index in [1.165, 1.54) is 11.8 Å². The van der Waals surface area contributed by atoms with E-state index in [2.05, 4.69) is 5.32 Å². The lowest BCUT2D eigenvalue weighted by Crippen LogP contribution is -2.28. The number of carboxylic acid groups (broad SMARTS) is 1. The lowest BCUT2D eigenvalue weighted by Gasteiger charge is -2.23. The van der Waals surface area contributed by atoms with E-state index in [4.69, 9.17) is 16.7 Å². The molecule has 0 aromatic heterocycles. The molecule has 14 heavy (non-hydrogen) atoms. The number of rotatable bonds is 1. The van der Waals surface area contributed by atoms with Gasteiger partial charge >= 0.3 is 5.97 Å². The van der Waals surface area contributed by atoms with Gasteiger partial charge in [-0.3, -0.25) is 4.79 Å². The molecule has 1 heterocycles. The molecule has 1 aromatic carbocycles. The third-order valence-corrected chi connectivity index (χ3v) is 3.55. The number of thioether (sulfide) groups is 1. The maximum atomic E-state index is 10.8. The second-order valence-electron chi connectivity index (χ2n) is 2.94. The lowest BCUT2D eigenvalue weighted by molar-refractivity contribution is -0.136. The molecule has 2 N–H and O–H groups in total. The highest BCUT2D eigenvalue weighted by atomic mass is 35.5. The Morgan fingerprint density at radius 2 is 2.43 bits per heavy atom. The number of para-hydroxylation sites is 1. The van der Waals surface area contributed by atoms with Crippen molar-refractivity contribution in [2.45, 2.75) is 10.1 Å². The molecule has 0 spiro atoms. The molecular weight excluding hydrogens is 222 g/mol. The predicted molar refractivity (Wildman–Crippen MR) is 57.2 cm³/mol. The van der Waals surface area contributed by atoms with Crippen molar-refractivity contribution >= 4 is 35.0 Å². The van der Waals surface area contributed by atoms with Crippen LogP contribution in [0.15, 0.2) is 23.1 Å². The standard InChI is InChI=1S/C9H8ClNO2S/c10-5-2-1-3-6-8(5)11-4-7(14-6)9(12)13/h1-3,7,11H,4H2,(H,12,13). The molecule has 0 saturated heterocycles. The van der Waals surface area contributed by atoms with Gasteiger partial charge in [0.25, 0.3) is 0 Å². The minimum Gasteiger partial charge on any atom is -0.480 e. The van der Waals surface area contributed by atoms with Gasteiger partial charge in [0.2, 0.25) is 0 Å². The second kappa shape index (κ2) is 3.71. The van der Waals surface area contributed by atoms with Gasteiger partial charge in [0, 0.05) is 11.4 Å². The molecule has 1 atom stereocenters. The predicted octanol–water partition coefficient (Wildman–Crippen LogP) is 2.31. The largest absolute Gasteiger partial charge is 0.480 e. The molecule has 74 valence electrons. The first-order chi connectivity index (χ1) is 6.68. The summed E-state index contributed by atoms with van der Waals surface area (Å²) in [6.07, 6.45) is 0. The number of fused-ring (bicyclic) bond motifs is 1. The fourth-order valence-electron chi connectivity index (χ4n) is 1.30. The molecule has 0 amide bonds. The van der Waals surface area contributed by atoms with Crippen LogP contribution in [-0.4, -0.2) is 22.9 Å². The van der Waals surface area contributed by atoms with E-state index >= 15 is 0 Å². The normalized spacial score (nSPS) is 19.6. The summed E-state index contributed by atoms with van der Waals surface area (Å²) in [7, 11) is 0. The summed E-state index contributed by atoms with van der Waals surface area (Å²) in [5.41, 5.74) is 0.844. The van der Waals surface area contributed by atoms with Crippen LogP contribution >= 0.6 is 23.4 Å². The van der Waals surface area contributed by atoms with Crippen molar-refractivity contribution < 1.29 is 9.90 Å². The van der Waals surface area contributed by atoms with Gasteiger partial charge in [-0.25, -0.2) is 0 Å². The Labute approximate surface area is 90.5 Å². The van der Waals surface area contributed by atoms with Crippen LogP contribution < -0.4 is 5.32 Å². The van der Waals surface area contributed by atoms with Crippen LogP contribution in [0, 0.1) is 0 Å². The molecule has 3 nitrogen and oxygen atoms in total. The topological polar surface area (TPSA) is 49.3 Å². The zero-order valence-corrected chi connectivity index (χ0v) is 8.73. The average Bonchev–Trinajstić information content (AvgIpc) is 2.17. The van der Waals surface area contributed by atoms with Crippen molar-refractivity contribution in [3.05, 3.63) is 23.2 Å². The third-order valence-electron chi connectivity index (χ3n) is 1.98. The molecule has 2 rings (SSSR count). The Morgan fingerprint density at radius 3 is 3.14 bits per heavy atom. The Kier molecular flexibility index (Phi) is 2.56. The number of carboxylic acids is 1. The summed E-state index contributed by atoms with van der Waals surface area (Å²) in [6.45, 7) is 0.413. The number of halogens is 1. The first kappa shape index (κ1) is 9.68. The quantitative estimate of drug-likeness (QED) is 0.776. The minimum absolute atomic E-state index is 0.413. The SMILES string of the molecule is O=C(O)C1CNc2c(Cl)cccc2S1. The number of hydrogen-bond donors (Lipinski definition) is 2. The van der Waals surface area contributed by atoms with E-state index in [0.29, 0.717) is 11.6 Å². The number of anilines is 1. The van der Waals surface area contributed by atoms with Crippen molar-refractivity contribution in [1.82, 2.24) is 0 Å². The van der Waals surface area contributed by atoms with E-state index < -0.39 is 11.2 Å². The number of aliphatic carboxylic acids is 1. The molecule has 1 aliphatic heterocycles. The van der Waals surface area contributed by atoms with Gasteiger partial charge in [0.15, 0.2) is 0 Å². The summed E-state index contributed by atoms with van der Waals surface area (Å²) >= 11 is 7.28. The first-order valence-corrected chi connectivity index (χ1v) is 5.36. The fourth-order valence-corrected chi connectivity index (χ4v) is 2.63. The van der Waals surface area contributed by atoms with Gasteiger partial charge in [-0.1, -0.05) is 17.7 Å². The number of hydrogen-bond acceptors (Lipinski definition) is 3. The maximum Gasteiger partial charge on any atom is 0.318 e. The molecule has 0 fully saturated rings. The third kappa shape index (κ3) is 1.67. The number of carbonyl (C=O) groups is 1. The van der Waals surface area contributed by atoms with E-state index in [9.17, 15) is 4.79 Å². The Bertz CT molecular complexity index is 383. The molecule has 0 aliphatic carbocycles. The highest BCUT2D eigenvalue weighted by molar-refractivity contribution is 8.00. The second-order valence-corrected chi connectivity index (χ2v) is 4.59. The highest BCUT2D eigenvalue weighted by Crippen LogP contribution is 2.39. The fraction of sp³-hybridized carbons (Fsp3) is 0.222. The van der Waals surface area contributed by atoms with Crippen LogP contribution in [-0.2, 0) is 4.79 Å². The highest BCUT2D eigenvalue weighted by Gasteiger charge is 2.25. The summed E-state index contributed by atoms with van der Waals surface area (Å²) < 4.78 is 0. The van der Waals surface area contributed by atoms with Crippen LogP contribution in [0.25, 0.3) is 0 Å². The zero-order chi connectivity index (χ0) is 10.1. The van der Waals surface area contributed by atoms with Crippen LogP contribution in [0.1, 0.15) is 0 Å². The van der Waals surface area contributed by atoms with E-state index in [1.807, 2.05) is 12.1 Å². The van der Waals surface area contributed by atoms with E-state index in [0.717, 1.165) is 10.6 Å². The van der Waals surface area contributed by atoms with Crippen LogP contribution in [0.5, 0.6) is 0 Å². The van der Waals surface area contributed by atoms with Gasteiger partial charge in [0.05, 0.1) is 10.7 Å². The van der Waals surface area contributed by atoms with Crippen molar-refractivity contribution in [3.63, 3.8) is 0 Å². The summed E-state index contributed by atoms with van der Waals surface area (Å²) in [5.74, 6) is -0.798. The van der Waals surface area contributed by atoms with Crippen molar-refractivity contribution in [3.8, 4) is 0 Å². The Balaban J connectivity index is 2.31. The number of benzene rings is 1. The van der Waals surface area contributed by atoms with E-state index in [1.54, 1.807) is 6.07 Å². The minimum atomic E-state index is -0.798. The molecule has 1 aliphatic rings. The molecule has 1 unspecified atom stereocenters. The van der Waals surface area contributed by atoms with Crippen LogP contribution in [0.3, 0.4) is 0 Å². The van der Waals surface area contributed by atoms with Crippen molar-refractivity contribution in [2.75, 3.05) is 11.9 Å². The van der Waals surface area contributed by atoms with Crippen molar-refractivity contribution in [1.29, 1.82) is 0 Å². The van der Waals surface area contributed by atoms with E-state index in [-0.39, 0.29) is 0 Å². The van der Waals surface area contributed by atoms with Gasteiger partial charge in [-0.2, -0.15) is 0 Å². The molecule has 0 radical (unpaired) electrons. The van der Waals surface area contributed by atoms with Gasteiger partial charge < -0.3 is 10.4 Å². The molecule has 0 saturated carbocycles. The Morgan fingerprint density at radius 1 is 1.64 bits per heavy atom. The number of nitrogens with one attached hydrogen (secondary N) is 1. The monoisotopic (exact) mass is 229 g/mol. The molecule has 5 heteroatoms. The smallest absolute Gasteiger partial charge is 0.318 e. The van der Waals surface area contributed by atoms with Gasteiger partial charge in [-0.05, 0) is 12.1 Å². The first-order valence-electron chi connectivity index (χ1n) is 4.10. The summed E-state index contributed by atoms with van der Waals surface area (Å²) in [4.78, 5) is 11.7. The molecule has 1 aromatic rings. The van der Waals surface area contributed by atoms with Crippen LogP contribution in [0.2, 0.25) is 5.02 Å². The summed E-state index contributed by atoms with van der Waals surface area (Å²) in [6, 6.07) is 5.48. The Hall–Kier alpha value is -0.870. The van der Waals surface area contributed by atoms with Gasteiger partial charge in [0.1, 0.15) is 5.25 Å².